The van der Waals surface area contributed by atoms with Crippen LogP contribution < -0.4 is 0 Å². The Labute approximate surface area is 136 Å². The van der Waals surface area contributed by atoms with Crippen LogP contribution in [-0.2, 0) is 19.1 Å². The summed E-state index contributed by atoms with van der Waals surface area (Å²) in [5, 5.41) is 0. The van der Waals surface area contributed by atoms with Crippen molar-refractivity contribution in [1.82, 2.24) is 0 Å². The smallest absolute Gasteiger partial charge is 0.320 e. The zero-order valence-corrected chi connectivity index (χ0v) is 13.6. The van der Waals surface area contributed by atoms with Gasteiger partial charge in [-0.3, -0.25) is 9.59 Å². The van der Waals surface area contributed by atoms with Gasteiger partial charge in [0.1, 0.15) is 0 Å². The molecule has 0 fully saturated rings. The van der Waals surface area contributed by atoms with Crippen molar-refractivity contribution in [2.24, 2.45) is 5.92 Å². The Kier molecular flexibility index (Phi) is 7.67. The number of alkyl halides is 1. The van der Waals surface area contributed by atoms with Crippen molar-refractivity contribution < 1.29 is 19.1 Å². The molecule has 120 valence electrons. The number of hydrogen-bond acceptors (Lipinski definition) is 4. The van der Waals surface area contributed by atoms with Crippen molar-refractivity contribution in [2.75, 3.05) is 20.1 Å². The second-order valence-electron chi connectivity index (χ2n) is 5.03. The minimum Gasteiger partial charge on any atom is -0.468 e. The van der Waals surface area contributed by atoms with Crippen LogP contribution >= 0.6 is 11.6 Å². The highest BCUT2D eigenvalue weighted by Crippen LogP contribution is 2.31. The molecule has 4 nitrogen and oxygen atoms in total. The molecule has 1 rings (SSSR count). The first-order chi connectivity index (χ1) is 10.5. The molecule has 1 atom stereocenters. The highest BCUT2D eigenvalue weighted by atomic mass is 35.5. The van der Waals surface area contributed by atoms with E-state index in [1.165, 1.54) is 14.2 Å². The summed E-state index contributed by atoms with van der Waals surface area (Å²) in [6, 6.07) is 9.65. The molecule has 22 heavy (non-hydrogen) atoms. The molecule has 0 bridgehead atoms. The Morgan fingerprint density at radius 1 is 1.14 bits per heavy atom. The van der Waals surface area contributed by atoms with E-state index in [4.69, 9.17) is 21.1 Å². The van der Waals surface area contributed by atoms with Gasteiger partial charge in [-0.2, -0.15) is 0 Å². The van der Waals surface area contributed by atoms with Gasteiger partial charge in [0.05, 0.1) is 14.2 Å². The van der Waals surface area contributed by atoms with E-state index in [9.17, 15) is 9.59 Å². The SMILES string of the molecule is C=C(CCl)CC(CC(C(=O)OC)C(=O)OC)c1ccccc1. The van der Waals surface area contributed by atoms with E-state index >= 15 is 0 Å². The van der Waals surface area contributed by atoms with Crippen LogP contribution in [0.15, 0.2) is 42.5 Å². The second kappa shape index (κ2) is 9.26. The third-order valence-electron chi connectivity index (χ3n) is 3.49. The normalized spacial score (nSPS) is 11.8. The maximum atomic E-state index is 11.9. The number of carbonyl (C=O) groups is 2. The molecule has 0 N–H and O–H groups in total. The average Bonchev–Trinajstić information content (AvgIpc) is 2.57. The molecule has 0 saturated heterocycles. The van der Waals surface area contributed by atoms with E-state index in [1.807, 2.05) is 30.3 Å². The number of ether oxygens (including phenoxy) is 2. The average molecular weight is 325 g/mol. The molecule has 1 aromatic carbocycles. The number of benzene rings is 1. The predicted molar refractivity (Wildman–Crippen MR) is 85.8 cm³/mol. The third-order valence-corrected chi connectivity index (χ3v) is 3.86. The lowest BCUT2D eigenvalue weighted by molar-refractivity contribution is -0.159. The monoisotopic (exact) mass is 324 g/mol. The summed E-state index contributed by atoms with van der Waals surface area (Å²) in [7, 11) is 2.51. The van der Waals surface area contributed by atoms with Gasteiger partial charge >= 0.3 is 11.9 Å². The first-order valence-electron chi connectivity index (χ1n) is 6.96. The number of carbonyl (C=O) groups excluding carboxylic acids is 2. The van der Waals surface area contributed by atoms with Crippen molar-refractivity contribution in [3.8, 4) is 0 Å². The molecule has 0 aliphatic carbocycles. The topological polar surface area (TPSA) is 52.6 Å². The number of esters is 2. The van der Waals surface area contributed by atoms with E-state index in [-0.39, 0.29) is 5.92 Å². The summed E-state index contributed by atoms with van der Waals surface area (Å²) in [6.45, 7) is 3.91. The lowest BCUT2D eigenvalue weighted by atomic mass is 9.84. The van der Waals surface area contributed by atoms with Crippen LogP contribution in [0.3, 0.4) is 0 Å². The van der Waals surface area contributed by atoms with Crippen LogP contribution in [0.5, 0.6) is 0 Å². The van der Waals surface area contributed by atoms with Crippen molar-refractivity contribution >= 4 is 23.5 Å². The second-order valence-corrected chi connectivity index (χ2v) is 5.30. The molecule has 0 heterocycles. The van der Waals surface area contributed by atoms with Gasteiger partial charge in [-0.25, -0.2) is 0 Å². The molecule has 0 aliphatic heterocycles. The van der Waals surface area contributed by atoms with Gasteiger partial charge < -0.3 is 9.47 Å². The highest BCUT2D eigenvalue weighted by Gasteiger charge is 2.32. The van der Waals surface area contributed by atoms with Gasteiger partial charge in [-0.15, -0.1) is 11.6 Å². The van der Waals surface area contributed by atoms with Gasteiger partial charge in [0.2, 0.25) is 0 Å². The number of rotatable bonds is 8. The lowest BCUT2D eigenvalue weighted by Crippen LogP contribution is -2.28. The molecule has 1 aromatic rings. The Balaban J connectivity index is 3.01. The van der Waals surface area contributed by atoms with Crippen molar-refractivity contribution in [3.63, 3.8) is 0 Å². The van der Waals surface area contributed by atoms with Crippen molar-refractivity contribution in [2.45, 2.75) is 18.8 Å². The van der Waals surface area contributed by atoms with Gasteiger partial charge in [-0.05, 0) is 24.3 Å². The summed E-state index contributed by atoms with van der Waals surface area (Å²) < 4.78 is 9.43. The molecule has 0 aliphatic rings. The minimum absolute atomic E-state index is 0.0596. The molecule has 0 saturated carbocycles. The van der Waals surface area contributed by atoms with Crippen LogP contribution in [0, 0.1) is 5.92 Å². The van der Waals surface area contributed by atoms with Crippen LogP contribution in [-0.4, -0.2) is 32.0 Å². The number of halogens is 1. The lowest BCUT2D eigenvalue weighted by Gasteiger charge is -2.21. The third kappa shape index (κ3) is 5.19. The van der Waals surface area contributed by atoms with Gasteiger partial charge in [0.25, 0.3) is 0 Å². The molecule has 5 heteroatoms. The summed E-state index contributed by atoms with van der Waals surface area (Å²) in [4.78, 5) is 23.7. The summed E-state index contributed by atoms with van der Waals surface area (Å²) >= 11 is 5.82. The van der Waals surface area contributed by atoms with Crippen LogP contribution in [0.4, 0.5) is 0 Å². The Morgan fingerprint density at radius 2 is 1.68 bits per heavy atom. The predicted octanol–water partition coefficient (Wildman–Crippen LogP) is 3.31. The zero-order valence-electron chi connectivity index (χ0n) is 12.9. The molecule has 0 radical (unpaired) electrons. The molecule has 0 aromatic heterocycles. The number of methoxy groups -OCH3 is 2. The molecular weight excluding hydrogens is 304 g/mol. The van der Waals surface area contributed by atoms with E-state index in [2.05, 4.69) is 6.58 Å². The summed E-state index contributed by atoms with van der Waals surface area (Å²) in [6.07, 6.45) is 0.886. The Bertz CT molecular complexity index is 497. The number of allylic oxidation sites excluding steroid dienone is 1. The van der Waals surface area contributed by atoms with Gasteiger partial charge in [0, 0.05) is 5.88 Å². The van der Waals surface area contributed by atoms with Gasteiger partial charge in [-0.1, -0.05) is 42.5 Å². The first-order valence-corrected chi connectivity index (χ1v) is 7.50. The fourth-order valence-electron chi connectivity index (χ4n) is 2.32. The largest absolute Gasteiger partial charge is 0.468 e. The van der Waals surface area contributed by atoms with E-state index in [0.29, 0.717) is 18.7 Å². The van der Waals surface area contributed by atoms with Gasteiger partial charge in [0.15, 0.2) is 5.92 Å². The standard InChI is InChI=1S/C17H21ClO4/c1-12(11-18)9-14(13-7-5-4-6-8-13)10-15(16(19)21-2)17(20)22-3/h4-8,14-15H,1,9-11H2,2-3H3. The quantitative estimate of drug-likeness (QED) is 0.318. The Morgan fingerprint density at radius 3 is 2.14 bits per heavy atom. The minimum atomic E-state index is -0.955. The highest BCUT2D eigenvalue weighted by molar-refractivity contribution is 6.19. The maximum Gasteiger partial charge on any atom is 0.320 e. The van der Waals surface area contributed by atoms with E-state index < -0.39 is 17.9 Å². The molecule has 0 spiro atoms. The fraction of sp³-hybridized carbons (Fsp3) is 0.412. The molecular formula is C17H21ClO4. The Hall–Kier alpha value is -1.81. The zero-order chi connectivity index (χ0) is 16.5. The van der Waals surface area contributed by atoms with E-state index in [0.717, 1.165) is 11.1 Å². The van der Waals surface area contributed by atoms with E-state index in [1.54, 1.807) is 0 Å². The summed E-state index contributed by atoms with van der Waals surface area (Å²) in [5.41, 5.74) is 1.87. The van der Waals surface area contributed by atoms with Crippen LogP contribution in [0.25, 0.3) is 0 Å². The van der Waals surface area contributed by atoms with Crippen LogP contribution in [0.2, 0.25) is 0 Å². The van der Waals surface area contributed by atoms with Crippen LogP contribution in [0.1, 0.15) is 24.3 Å². The van der Waals surface area contributed by atoms with Crippen molar-refractivity contribution in [3.05, 3.63) is 48.0 Å². The number of hydrogen-bond donors (Lipinski definition) is 0. The molecule has 1 unspecified atom stereocenters. The summed E-state index contributed by atoms with van der Waals surface area (Å²) in [5.74, 6) is -1.86. The fourth-order valence-corrected chi connectivity index (χ4v) is 2.43. The van der Waals surface area contributed by atoms with Crippen molar-refractivity contribution in [1.29, 1.82) is 0 Å². The molecule has 0 amide bonds. The first kappa shape index (κ1) is 18.2. The maximum absolute atomic E-state index is 11.9.